The van der Waals surface area contributed by atoms with Crippen LogP contribution in [0.3, 0.4) is 0 Å². The molecule has 2 aliphatic heterocycles. The molecule has 5 nitrogen and oxygen atoms in total. The maximum absolute atomic E-state index is 12.6. The van der Waals surface area contributed by atoms with E-state index in [1.54, 1.807) is 7.11 Å². The summed E-state index contributed by atoms with van der Waals surface area (Å²) in [7, 11) is 1.66. The lowest BCUT2D eigenvalue weighted by atomic mass is 9.78. The lowest BCUT2D eigenvalue weighted by Gasteiger charge is -2.48. The van der Waals surface area contributed by atoms with Crippen LogP contribution in [0.15, 0.2) is 24.3 Å². The molecule has 1 spiro atoms. The van der Waals surface area contributed by atoms with Gasteiger partial charge in [-0.15, -0.1) is 0 Å². The van der Waals surface area contributed by atoms with Gasteiger partial charge in [-0.25, -0.2) is 0 Å². The van der Waals surface area contributed by atoms with E-state index >= 15 is 0 Å². The Morgan fingerprint density at radius 2 is 2.00 bits per heavy atom. The molecule has 2 heterocycles. The van der Waals surface area contributed by atoms with Gasteiger partial charge in [0.15, 0.2) is 0 Å². The minimum absolute atomic E-state index is 0.184. The number of nitrogens with zero attached hydrogens (tertiary/aromatic N) is 1. The molecule has 1 N–H and O–H groups in total. The summed E-state index contributed by atoms with van der Waals surface area (Å²) in [4.78, 5) is 14.5. The Bertz CT molecular complexity index is 605. The molecule has 1 aromatic rings. The quantitative estimate of drug-likeness (QED) is 0.909. The smallest absolute Gasteiger partial charge is 0.222 e. The largest absolute Gasteiger partial charge is 0.496 e. The molecule has 1 amide bonds. The van der Waals surface area contributed by atoms with E-state index in [4.69, 9.17) is 9.47 Å². The third-order valence-corrected chi connectivity index (χ3v) is 5.58. The van der Waals surface area contributed by atoms with Crippen LogP contribution in [0.4, 0.5) is 0 Å². The normalized spacial score (nSPS) is 25.8. The Balaban J connectivity index is 1.52. The minimum atomic E-state index is -0.645. The highest BCUT2D eigenvalue weighted by molar-refractivity contribution is 5.76. The van der Waals surface area contributed by atoms with E-state index in [0.717, 1.165) is 24.2 Å². The van der Waals surface area contributed by atoms with Crippen LogP contribution in [0.1, 0.15) is 44.6 Å². The number of carbonyl (C=O) groups is 1. The number of piperidine rings is 1. The van der Waals surface area contributed by atoms with Crippen LogP contribution >= 0.6 is 0 Å². The van der Waals surface area contributed by atoms with Gasteiger partial charge in [-0.05, 0) is 44.2 Å². The summed E-state index contributed by atoms with van der Waals surface area (Å²) in [6, 6.07) is 7.85. The van der Waals surface area contributed by atoms with Gasteiger partial charge < -0.3 is 19.5 Å². The first-order valence-electron chi connectivity index (χ1n) is 9.19. The Morgan fingerprint density at radius 1 is 1.28 bits per heavy atom. The fourth-order valence-corrected chi connectivity index (χ4v) is 4.11. The molecule has 5 heteroatoms. The van der Waals surface area contributed by atoms with Crippen LogP contribution in [0.25, 0.3) is 0 Å². The van der Waals surface area contributed by atoms with Crippen molar-refractivity contribution in [2.45, 2.75) is 56.7 Å². The summed E-state index contributed by atoms with van der Waals surface area (Å²) < 4.78 is 11.4. The highest BCUT2D eigenvalue weighted by atomic mass is 16.5. The van der Waals surface area contributed by atoms with Crippen molar-refractivity contribution in [2.24, 2.45) is 0 Å². The number of rotatable bonds is 4. The molecule has 138 valence electrons. The number of benzene rings is 1. The van der Waals surface area contributed by atoms with E-state index in [0.29, 0.717) is 45.4 Å². The third kappa shape index (κ3) is 4.33. The molecular weight excluding hydrogens is 318 g/mol. The molecular formula is C20H29NO4. The topological polar surface area (TPSA) is 59.0 Å². The number of amides is 1. The first-order chi connectivity index (χ1) is 11.9. The number of hydrogen-bond donors (Lipinski definition) is 1. The first-order valence-corrected chi connectivity index (χ1v) is 9.19. The molecule has 2 saturated heterocycles. The van der Waals surface area contributed by atoms with E-state index in [1.807, 2.05) is 36.1 Å². The summed E-state index contributed by atoms with van der Waals surface area (Å²) in [6.07, 6.45) is 4.16. The maximum Gasteiger partial charge on any atom is 0.222 e. The van der Waals surface area contributed by atoms with Crippen LogP contribution in [-0.4, -0.2) is 53.9 Å². The molecule has 2 aliphatic rings. The van der Waals surface area contributed by atoms with Crippen LogP contribution in [0.2, 0.25) is 0 Å². The fourth-order valence-electron chi connectivity index (χ4n) is 4.11. The zero-order valence-corrected chi connectivity index (χ0v) is 15.3. The van der Waals surface area contributed by atoms with Crippen LogP contribution in [-0.2, 0) is 16.0 Å². The van der Waals surface area contributed by atoms with Gasteiger partial charge in [0.1, 0.15) is 5.75 Å². The fraction of sp³-hybridized carbons (Fsp3) is 0.650. The van der Waals surface area contributed by atoms with Gasteiger partial charge in [-0.1, -0.05) is 18.2 Å². The number of methoxy groups -OCH3 is 1. The number of aliphatic hydroxyl groups is 1. The SMILES string of the molecule is COc1ccccc1CCC(=O)N1CCC2(CC1)CC(C)(O)CCO2. The summed E-state index contributed by atoms with van der Waals surface area (Å²) in [5.41, 5.74) is 0.175. The zero-order chi connectivity index (χ0) is 17.9. The minimum Gasteiger partial charge on any atom is -0.496 e. The summed E-state index contributed by atoms with van der Waals surface area (Å²) in [6.45, 7) is 3.92. The van der Waals surface area contributed by atoms with Crippen LogP contribution in [0, 0.1) is 0 Å². The number of carbonyl (C=O) groups excluding carboxylic acids is 1. The van der Waals surface area contributed by atoms with Crippen LogP contribution in [0.5, 0.6) is 5.75 Å². The average Bonchev–Trinajstić information content (AvgIpc) is 2.59. The molecule has 3 rings (SSSR count). The lowest BCUT2D eigenvalue weighted by molar-refractivity contribution is -0.175. The lowest BCUT2D eigenvalue weighted by Crippen LogP contribution is -2.54. The van der Waals surface area contributed by atoms with Crippen molar-refractivity contribution in [3.05, 3.63) is 29.8 Å². The predicted molar refractivity (Wildman–Crippen MR) is 95.7 cm³/mol. The predicted octanol–water partition coefficient (Wildman–Crippen LogP) is 2.55. The van der Waals surface area contributed by atoms with Crippen molar-refractivity contribution >= 4 is 5.91 Å². The molecule has 2 fully saturated rings. The Labute approximate surface area is 149 Å². The molecule has 0 aliphatic carbocycles. The van der Waals surface area contributed by atoms with E-state index in [9.17, 15) is 9.90 Å². The standard InChI is InChI=1S/C20H29NO4/c1-19(23)11-14-25-20(15-19)9-12-21(13-10-20)18(22)8-7-16-5-3-4-6-17(16)24-2/h3-6,23H,7-15H2,1-2H3. The molecule has 1 unspecified atom stereocenters. The second-order valence-corrected chi connectivity index (χ2v) is 7.65. The Hall–Kier alpha value is -1.59. The number of likely N-dealkylation sites (tertiary alicyclic amines) is 1. The van der Waals surface area contributed by atoms with Gasteiger partial charge in [-0.3, -0.25) is 4.79 Å². The molecule has 1 aromatic carbocycles. The average molecular weight is 347 g/mol. The van der Waals surface area contributed by atoms with Crippen LogP contribution < -0.4 is 4.74 Å². The van der Waals surface area contributed by atoms with E-state index in [1.165, 1.54) is 0 Å². The number of para-hydroxylation sites is 1. The van der Waals surface area contributed by atoms with Crippen molar-refractivity contribution in [1.29, 1.82) is 0 Å². The van der Waals surface area contributed by atoms with Gasteiger partial charge >= 0.3 is 0 Å². The Morgan fingerprint density at radius 3 is 2.68 bits per heavy atom. The van der Waals surface area contributed by atoms with Crippen molar-refractivity contribution in [1.82, 2.24) is 4.90 Å². The highest BCUT2D eigenvalue weighted by Crippen LogP contribution is 2.39. The van der Waals surface area contributed by atoms with Crippen molar-refractivity contribution in [2.75, 3.05) is 26.8 Å². The van der Waals surface area contributed by atoms with Crippen molar-refractivity contribution in [3.8, 4) is 5.75 Å². The molecule has 25 heavy (non-hydrogen) atoms. The number of ether oxygens (including phenoxy) is 2. The van der Waals surface area contributed by atoms with Gasteiger partial charge in [-0.2, -0.15) is 0 Å². The van der Waals surface area contributed by atoms with E-state index in [2.05, 4.69) is 0 Å². The van der Waals surface area contributed by atoms with Crippen molar-refractivity contribution < 1.29 is 19.4 Å². The highest BCUT2D eigenvalue weighted by Gasteiger charge is 2.44. The second-order valence-electron chi connectivity index (χ2n) is 7.65. The number of hydrogen-bond acceptors (Lipinski definition) is 4. The van der Waals surface area contributed by atoms with E-state index < -0.39 is 5.60 Å². The summed E-state index contributed by atoms with van der Waals surface area (Å²) in [5.74, 6) is 1.02. The molecule has 0 radical (unpaired) electrons. The van der Waals surface area contributed by atoms with Gasteiger partial charge in [0.25, 0.3) is 0 Å². The molecule has 1 atom stereocenters. The van der Waals surface area contributed by atoms with Gasteiger partial charge in [0.2, 0.25) is 5.91 Å². The first kappa shape index (κ1) is 18.2. The Kier molecular flexibility index (Phi) is 5.35. The summed E-state index contributed by atoms with van der Waals surface area (Å²) >= 11 is 0. The number of aryl methyl sites for hydroxylation is 1. The molecule has 0 saturated carbocycles. The second kappa shape index (κ2) is 7.34. The van der Waals surface area contributed by atoms with Crippen molar-refractivity contribution in [3.63, 3.8) is 0 Å². The molecule has 0 bridgehead atoms. The van der Waals surface area contributed by atoms with E-state index in [-0.39, 0.29) is 11.5 Å². The third-order valence-electron chi connectivity index (χ3n) is 5.58. The van der Waals surface area contributed by atoms with Gasteiger partial charge in [0, 0.05) is 25.9 Å². The molecule has 0 aromatic heterocycles. The maximum atomic E-state index is 12.6. The zero-order valence-electron chi connectivity index (χ0n) is 15.3. The monoisotopic (exact) mass is 347 g/mol. The summed E-state index contributed by atoms with van der Waals surface area (Å²) in [5, 5.41) is 10.4. The van der Waals surface area contributed by atoms with Gasteiger partial charge in [0.05, 0.1) is 24.9 Å².